The molecule has 8 heteroatoms. The lowest BCUT2D eigenvalue weighted by Gasteiger charge is -2.44. The molecule has 2 atom stereocenters. The van der Waals surface area contributed by atoms with E-state index in [1.807, 2.05) is 37.3 Å². The molecule has 0 spiro atoms. The summed E-state index contributed by atoms with van der Waals surface area (Å²) in [7, 11) is 0. The number of aromatic nitrogens is 1. The summed E-state index contributed by atoms with van der Waals surface area (Å²) < 4.78 is 18.2. The van der Waals surface area contributed by atoms with Crippen molar-refractivity contribution in [3.8, 4) is 5.75 Å². The van der Waals surface area contributed by atoms with Gasteiger partial charge in [0.25, 0.3) is 5.91 Å². The van der Waals surface area contributed by atoms with E-state index in [9.17, 15) is 14.4 Å². The molecule has 158 valence electrons. The van der Waals surface area contributed by atoms with Crippen LogP contribution in [0.15, 0.2) is 41.3 Å². The summed E-state index contributed by atoms with van der Waals surface area (Å²) in [5, 5.41) is 0. The van der Waals surface area contributed by atoms with E-state index in [1.54, 1.807) is 16.4 Å². The van der Waals surface area contributed by atoms with Gasteiger partial charge in [-0.25, -0.2) is 4.79 Å². The van der Waals surface area contributed by atoms with Crippen molar-refractivity contribution >= 4 is 11.9 Å². The van der Waals surface area contributed by atoms with Crippen LogP contribution in [0.1, 0.15) is 46.7 Å². The third-order valence-electron chi connectivity index (χ3n) is 5.38. The number of hydrogen-bond donors (Lipinski definition) is 0. The molecule has 0 bridgehead atoms. The van der Waals surface area contributed by atoms with Gasteiger partial charge in [0.1, 0.15) is 12.2 Å². The second-order valence-corrected chi connectivity index (χ2v) is 7.37. The highest BCUT2D eigenvalue weighted by molar-refractivity contribution is 5.98. The Morgan fingerprint density at radius 1 is 1.23 bits per heavy atom. The van der Waals surface area contributed by atoms with E-state index < -0.39 is 17.6 Å². The molecule has 2 aliphatic rings. The fourth-order valence-corrected chi connectivity index (χ4v) is 3.86. The van der Waals surface area contributed by atoms with Crippen LogP contribution in [0.3, 0.4) is 0 Å². The zero-order chi connectivity index (χ0) is 21.3. The minimum absolute atomic E-state index is 0.0215. The van der Waals surface area contributed by atoms with Crippen LogP contribution >= 0.6 is 0 Å². The van der Waals surface area contributed by atoms with Crippen molar-refractivity contribution in [2.45, 2.75) is 45.7 Å². The summed E-state index contributed by atoms with van der Waals surface area (Å²) >= 11 is 0. The Labute approximate surface area is 174 Å². The highest BCUT2D eigenvalue weighted by atomic mass is 16.5. The topological polar surface area (TPSA) is 87.1 Å². The Hall–Kier alpha value is -3.13. The van der Waals surface area contributed by atoms with Gasteiger partial charge in [-0.05, 0) is 25.8 Å². The summed E-state index contributed by atoms with van der Waals surface area (Å²) in [5.41, 5.74) is 0.173. The number of pyridine rings is 1. The maximum absolute atomic E-state index is 13.3. The predicted molar refractivity (Wildman–Crippen MR) is 107 cm³/mol. The van der Waals surface area contributed by atoms with Gasteiger partial charge < -0.3 is 23.7 Å². The van der Waals surface area contributed by atoms with Crippen molar-refractivity contribution in [3.63, 3.8) is 0 Å². The van der Waals surface area contributed by atoms with Crippen molar-refractivity contribution in [1.82, 2.24) is 9.47 Å². The third-order valence-corrected chi connectivity index (χ3v) is 5.38. The maximum Gasteiger partial charge on any atom is 0.343 e. The van der Waals surface area contributed by atoms with Gasteiger partial charge in [0, 0.05) is 12.2 Å². The summed E-state index contributed by atoms with van der Waals surface area (Å²) in [6, 6.07) is 9.29. The summed E-state index contributed by atoms with van der Waals surface area (Å²) in [6.07, 6.45) is 1.64. The van der Waals surface area contributed by atoms with Crippen LogP contribution in [-0.2, 0) is 22.6 Å². The summed E-state index contributed by atoms with van der Waals surface area (Å²) in [5.74, 6) is -1.21. The SMILES string of the molecule is CCOC(=O)c1cn2c(c(OCc3ccccc3)c1=O)C(=O)N1[C@H](C)CCO[C@H]1C2. The average Bonchev–Trinajstić information content (AvgIpc) is 2.74. The van der Waals surface area contributed by atoms with E-state index in [1.165, 1.54) is 6.20 Å². The molecule has 2 aliphatic heterocycles. The molecule has 30 heavy (non-hydrogen) atoms. The van der Waals surface area contributed by atoms with E-state index in [4.69, 9.17) is 14.2 Å². The number of rotatable bonds is 5. The lowest BCUT2D eigenvalue weighted by molar-refractivity contribution is -0.112. The first-order valence-electron chi connectivity index (χ1n) is 10.1. The van der Waals surface area contributed by atoms with Crippen molar-refractivity contribution in [3.05, 3.63) is 63.6 Å². The largest absolute Gasteiger partial charge is 0.483 e. The number of benzene rings is 1. The molecule has 0 aliphatic carbocycles. The first kappa shape index (κ1) is 20.2. The average molecular weight is 412 g/mol. The zero-order valence-corrected chi connectivity index (χ0v) is 17.0. The number of ether oxygens (including phenoxy) is 3. The highest BCUT2D eigenvalue weighted by Gasteiger charge is 2.41. The van der Waals surface area contributed by atoms with Crippen molar-refractivity contribution in [1.29, 1.82) is 0 Å². The van der Waals surface area contributed by atoms with Gasteiger partial charge in [0.2, 0.25) is 5.43 Å². The molecule has 1 amide bonds. The zero-order valence-electron chi connectivity index (χ0n) is 17.0. The van der Waals surface area contributed by atoms with Gasteiger partial charge in [0.15, 0.2) is 17.7 Å². The Morgan fingerprint density at radius 2 is 2.00 bits per heavy atom. The van der Waals surface area contributed by atoms with E-state index >= 15 is 0 Å². The molecular weight excluding hydrogens is 388 g/mol. The fourth-order valence-electron chi connectivity index (χ4n) is 3.86. The Balaban J connectivity index is 1.80. The quantitative estimate of drug-likeness (QED) is 0.700. The van der Waals surface area contributed by atoms with Gasteiger partial charge in [-0.1, -0.05) is 30.3 Å². The molecule has 1 fully saturated rings. The number of nitrogens with zero attached hydrogens (tertiary/aromatic N) is 2. The first-order valence-corrected chi connectivity index (χ1v) is 10.1. The van der Waals surface area contributed by atoms with Gasteiger partial charge in [-0.2, -0.15) is 0 Å². The van der Waals surface area contributed by atoms with Crippen LogP contribution in [0.4, 0.5) is 0 Å². The normalized spacial score (nSPS) is 20.3. The van der Waals surface area contributed by atoms with E-state index in [2.05, 4.69) is 0 Å². The van der Waals surface area contributed by atoms with Gasteiger partial charge in [-0.3, -0.25) is 9.59 Å². The second-order valence-electron chi connectivity index (χ2n) is 7.37. The maximum atomic E-state index is 13.3. The molecule has 0 saturated carbocycles. The second kappa shape index (κ2) is 8.31. The smallest absolute Gasteiger partial charge is 0.343 e. The number of amides is 1. The van der Waals surface area contributed by atoms with Gasteiger partial charge in [0.05, 0.1) is 19.8 Å². The molecule has 1 aromatic heterocycles. The van der Waals surface area contributed by atoms with Crippen molar-refractivity contribution in [2.75, 3.05) is 13.2 Å². The third kappa shape index (κ3) is 3.59. The van der Waals surface area contributed by atoms with Crippen molar-refractivity contribution in [2.24, 2.45) is 0 Å². The van der Waals surface area contributed by atoms with Crippen LogP contribution in [0, 0.1) is 0 Å². The monoisotopic (exact) mass is 412 g/mol. The highest BCUT2D eigenvalue weighted by Crippen LogP contribution is 2.30. The standard InChI is InChI=1S/C22H24N2O6/c1-3-28-22(27)16-11-23-12-17-24(14(2)9-10-29-17)21(26)18(23)20(19(16)25)30-13-15-7-5-4-6-8-15/h4-8,11,14,17H,3,9-10,12-13H2,1-2H3/t14-,17+/m1/s1. The van der Waals surface area contributed by atoms with Crippen LogP contribution in [0.2, 0.25) is 0 Å². The first-order chi connectivity index (χ1) is 14.5. The Morgan fingerprint density at radius 3 is 2.73 bits per heavy atom. The molecule has 4 rings (SSSR count). The Bertz CT molecular complexity index is 1020. The molecule has 0 unspecified atom stereocenters. The van der Waals surface area contributed by atoms with Crippen molar-refractivity contribution < 1.29 is 23.8 Å². The number of esters is 1. The predicted octanol–water partition coefficient (Wildman–Crippen LogP) is 2.19. The van der Waals surface area contributed by atoms with Crippen LogP contribution < -0.4 is 10.2 Å². The van der Waals surface area contributed by atoms with E-state index in [0.717, 1.165) is 5.56 Å². The van der Waals surface area contributed by atoms with Crippen LogP contribution in [0.25, 0.3) is 0 Å². The molecular formula is C22H24N2O6. The molecule has 1 aromatic carbocycles. The van der Waals surface area contributed by atoms with Crippen LogP contribution in [-0.4, -0.2) is 46.8 Å². The lowest BCUT2D eigenvalue weighted by Crippen LogP contribution is -2.57. The fraction of sp³-hybridized carbons (Fsp3) is 0.409. The molecule has 1 saturated heterocycles. The lowest BCUT2D eigenvalue weighted by atomic mass is 10.1. The van der Waals surface area contributed by atoms with E-state index in [-0.39, 0.29) is 42.2 Å². The number of carbonyl (C=O) groups is 2. The van der Waals surface area contributed by atoms with Gasteiger partial charge in [-0.15, -0.1) is 0 Å². The van der Waals surface area contributed by atoms with Gasteiger partial charge >= 0.3 is 5.97 Å². The molecule has 8 nitrogen and oxygen atoms in total. The number of carbonyl (C=O) groups excluding carboxylic acids is 2. The minimum atomic E-state index is -0.741. The number of hydrogen-bond acceptors (Lipinski definition) is 6. The summed E-state index contributed by atoms with van der Waals surface area (Å²) in [4.78, 5) is 40.5. The van der Waals surface area contributed by atoms with Crippen LogP contribution in [0.5, 0.6) is 5.75 Å². The minimum Gasteiger partial charge on any atom is -0.483 e. The summed E-state index contributed by atoms with van der Waals surface area (Å²) in [6.45, 7) is 4.71. The molecule has 0 radical (unpaired) electrons. The molecule has 3 heterocycles. The van der Waals surface area contributed by atoms with E-state index in [0.29, 0.717) is 19.6 Å². The number of fused-ring (bicyclic) bond motifs is 2. The Kier molecular flexibility index (Phi) is 5.59. The molecule has 0 N–H and O–H groups in total. The molecule has 2 aromatic rings.